The van der Waals surface area contributed by atoms with E-state index in [1.54, 1.807) is 0 Å². The van der Waals surface area contributed by atoms with Crippen molar-refractivity contribution in [2.24, 2.45) is 0 Å². The number of ketones is 1. The summed E-state index contributed by atoms with van der Waals surface area (Å²) in [6, 6.07) is 11.4. The van der Waals surface area contributed by atoms with E-state index in [-0.39, 0.29) is 5.78 Å². The third-order valence-electron chi connectivity index (χ3n) is 2.25. The van der Waals surface area contributed by atoms with Gasteiger partial charge in [-0.25, -0.2) is 0 Å². The molecule has 0 N–H and O–H groups in total. The Morgan fingerprint density at radius 2 is 1.93 bits per heavy atom. The van der Waals surface area contributed by atoms with Crippen LogP contribution in [0, 0.1) is 6.42 Å². The summed E-state index contributed by atoms with van der Waals surface area (Å²) in [5, 5.41) is 1.92. The molecule has 0 aliphatic carbocycles. The Labute approximate surface area is 93.4 Å². The molecular weight excluding hydrogens is 204 g/mol. The van der Waals surface area contributed by atoms with Gasteiger partial charge in [0.15, 0.2) is 0 Å². The lowest BCUT2D eigenvalue weighted by Gasteiger charge is -1.99. The molecule has 0 aliphatic heterocycles. The number of thiophene rings is 1. The largest absolute Gasteiger partial charge is 0.288 e. The Morgan fingerprint density at radius 3 is 2.47 bits per heavy atom. The van der Waals surface area contributed by atoms with Crippen LogP contribution in [0.2, 0.25) is 0 Å². The summed E-state index contributed by atoms with van der Waals surface area (Å²) in [6.45, 7) is 1.98. The highest BCUT2D eigenvalue weighted by Gasteiger charge is 2.08. The Bertz CT molecular complexity index is 440. The predicted octanol–water partition coefficient (Wildman–Crippen LogP) is 3.55. The lowest BCUT2D eigenvalue weighted by atomic mass is 10.1. The summed E-state index contributed by atoms with van der Waals surface area (Å²) in [5.74, 6) is 0.104. The van der Waals surface area contributed by atoms with Crippen LogP contribution in [0.3, 0.4) is 0 Å². The average Bonchev–Trinajstić information content (AvgIpc) is 2.82. The Balaban J connectivity index is 2.27. The molecule has 0 spiro atoms. The first-order valence-corrected chi connectivity index (χ1v) is 5.67. The van der Waals surface area contributed by atoms with Gasteiger partial charge in [-0.15, -0.1) is 11.3 Å². The zero-order chi connectivity index (χ0) is 10.7. The minimum atomic E-state index is 0.104. The van der Waals surface area contributed by atoms with Crippen LogP contribution in [0.1, 0.15) is 27.7 Å². The molecule has 2 heteroatoms. The molecule has 75 valence electrons. The Kier molecular flexibility index (Phi) is 2.97. The van der Waals surface area contributed by atoms with Crippen LogP contribution in [0.15, 0.2) is 41.8 Å². The van der Waals surface area contributed by atoms with Gasteiger partial charge in [0.25, 0.3) is 0 Å². The monoisotopic (exact) mass is 215 g/mol. The molecule has 15 heavy (non-hydrogen) atoms. The van der Waals surface area contributed by atoms with Gasteiger partial charge in [-0.05, 0) is 23.4 Å². The Hall–Kier alpha value is -1.41. The van der Waals surface area contributed by atoms with E-state index >= 15 is 0 Å². The summed E-state index contributed by atoms with van der Waals surface area (Å²) in [7, 11) is 0. The number of rotatable bonds is 3. The number of hydrogen-bond donors (Lipinski definition) is 0. The van der Waals surface area contributed by atoms with E-state index in [0.29, 0.717) is 0 Å². The second kappa shape index (κ2) is 4.41. The van der Waals surface area contributed by atoms with Gasteiger partial charge >= 0.3 is 0 Å². The van der Waals surface area contributed by atoms with Crippen molar-refractivity contribution in [3.8, 4) is 0 Å². The first-order valence-electron chi connectivity index (χ1n) is 4.79. The predicted molar refractivity (Wildman–Crippen MR) is 63.3 cm³/mol. The molecule has 0 aliphatic rings. The smallest absolute Gasteiger partial charge is 0.202 e. The summed E-state index contributed by atoms with van der Waals surface area (Å²) in [4.78, 5) is 12.7. The van der Waals surface area contributed by atoms with Crippen molar-refractivity contribution < 1.29 is 4.79 Å². The number of carbonyl (C=O) groups is 1. The summed E-state index contributed by atoms with van der Waals surface area (Å²) in [6.07, 6.45) is 2.01. The second-order valence-electron chi connectivity index (χ2n) is 3.22. The van der Waals surface area contributed by atoms with Gasteiger partial charge in [0.05, 0.1) is 4.88 Å². The van der Waals surface area contributed by atoms with Crippen molar-refractivity contribution in [1.29, 1.82) is 0 Å². The average molecular weight is 215 g/mol. The molecule has 0 unspecified atom stereocenters. The van der Waals surface area contributed by atoms with Gasteiger partial charge < -0.3 is 0 Å². The van der Waals surface area contributed by atoms with Crippen molar-refractivity contribution in [2.45, 2.75) is 6.92 Å². The molecule has 2 rings (SSSR count). The molecule has 0 saturated carbocycles. The molecule has 2 aromatic rings. The van der Waals surface area contributed by atoms with Gasteiger partial charge in [-0.3, -0.25) is 4.79 Å². The molecule has 0 saturated heterocycles. The fraction of sp³-hybridized carbons (Fsp3) is 0.0769. The van der Waals surface area contributed by atoms with E-state index in [4.69, 9.17) is 0 Å². The molecule has 1 radical (unpaired) electrons. The van der Waals surface area contributed by atoms with Gasteiger partial charge in [-0.1, -0.05) is 37.3 Å². The molecular formula is C13H11OS. The third kappa shape index (κ3) is 2.16. The molecule has 1 nitrogen and oxygen atoms in total. The van der Waals surface area contributed by atoms with Gasteiger partial charge in [0.2, 0.25) is 5.78 Å². The number of hydrogen-bond acceptors (Lipinski definition) is 2. The van der Waals surface area contributed by atoms with Crippen LogP contribution in [0.25, 0.3) is 0 Å². The molecule has 0 amide bonds. The quantitative estimate of drug-likeness (QED) is 0.715. The normalized spacial score (nSPS) is 10.2. The van der Waals surface area contributed by atoms with E-state index < -0.39 is 0 Å². The summed E-state index contributed by atoms with van der Waals surface area (Å²) < 4.78 is 0. The molecule has 0 fully saturated rings. The lowest BCUT2D eigenvalue weighted by molar-refractivity contribution is 0.104. The van der Waals surface area contributed by atoms with Crippen molar-refractivity contribution >= 4 is 17.1 Å². The summed E-state index contributed by atoms with van der Waals surface area (Å²) in [5.41, 5.74) is 1.89. The van der Waals surface area contributed by atoms with Gasteiger partial charge in [0, 0.05) is 5.56 Å². The molecule has 1 heterocycles. The van der Waals surface area contributed by atoms with Crippen molar-refractivity contribution in [3.63, 3.8) is 0 Å². The van der Waals surface area contributed by atoms with E-state index in [1.807, 2.05) is 55.1 Å². The molecule has 0 bridgehead atoms. The van der Waals surface area contributed by atoms with Crippen LogP contribution >= 0.6 is 11.3 Å². The van der Waals surface area contributed by atoms with E-state index in [2.05, 4.69) is 0 Å². The Morgan fingerprint density at radius 1 is 1.20 bits per heavy atom. The van der Waals surface area contributed by atoms with Gasteiger partial charge in [-0.2, -0.15) is 0 Å². The van der Waals surface area contributed by atoms with Crippen LogP contribution < -0.4 is 0 Å². The maximum Gasteiger partial charge on any atom is 0.202 e. The summed E-state index contributed by atoms with van der Waals surface area (Å²) >= 11 is 1.48. The first-order chi connectivity index (χ1) is 7.31. The highest BCUT2D eigenvalue weighted by Crippen LogP contribution is 2.15. The highest BCUT2D eigenvalue weighted by atomic mass is 32.1. The van der Waals surface area contributed by atoms with E-state index in [0.717, 1.165) is 16.0 Å². The highest BCUT2D eigenvalue weighted by molar-refractivity contribution is 7.12. The van der Waals surface area contributed by atoms with Crippen LogP contribution in [0.4, 0.5) is 0 Å². The maximum absolute atomic E-state index is 11.9. The fourth-order valence-electron chi connectivity index (χ4n) is 1.38. The lowest BCUT2D eigenvalue weighted by Crippen LogP contribution is -1.98. The van der Waals surface area contributed by atoms with Crippen LogP contribution in [0.5, 0.6) is 0 Å². The SMILES string of the molecule is C[CH]c1ccc(C(=O)c2cccs2)cc1. The minimum Gasteiger partial charge on any atom is -0.288 e. The van der Waals surface area contributed by atoms with E-state index in [1.165, 1.54) is 11.3 Å². The van der Waals surface area contributed by atoms with Crippen LogP contribution in [-0.4, -0.2) is 5.78 Å². The topological polar surface area (TPSA) is 17.1 Å². The molecule has 1 aromatic heterocycles. The van der Waals surface area contributed by atoms with Crippen molar-refractivity contribution in [3.05, 3.63) is 64.2 Å². The maximum atomic E-state index is 11.9. The van der Waals surface area contributed by atoms with E-state index in [9.17, 15) is 4.79 Å². The number of benzene rings is 1. The molecule has 1 aromatic carbocycles. The standard InChI is InChI=1S/C13H11OS/c1-2-10-5-7-11(8-6-10)13(14)12-4-3-9-15-12/h2-9H,1H3. The second-order valence-corrected chi connectivity index (χ2v) is 4.16. The number of carbonyl (C=O) groups excluding carboxylic acids is 1. The van der Waals surface area contributed by atoms with Gasteiger partial charge in [0.1, 0.15) is 0 Å². The zero-order valence-corrected chi connectivity index (χ0v) is 9.25. The minimum absolute atomic E-state index is 0.104. The first kappa shape index (κ1) is 10.1. The zero-order valence-electron chi connectivity index (χ0n) is 8.44. The third-order valence-corrected chi connectivity index (χ3v) is 3.12. The fourth-order valence-corrected chi connectivity index (χ4v) is 2.06. The van der Waals surface area contributed by atoms with Crippen molar-refractivity contribution in [2.75, 3.05) is 0 Å². The molecule has 0 atom stereocenters. The van der Waals surface area contributed by atoms with Crippen molar-refractivity contribution in [1.82, 2.24) is 0 Å². The van der Waals surface area contributed by atoms with Crippen LogP contribution in [-0.2, 0) is 0 Å².